The van der Waals surface area contributed by atoms with Gasteiger partial charge in [0.25, 0.3) is 10.0 Å². The van der Waals surface area contributed by atoms with Crippen molar-refractivity contribution in [3.63, 3.8) is 0 Å². The highest BCUT2D eigenvalue weighted by atomic mass is 35.5. The summed E-state index contributed by atoms with van der Waals surface area (Å²) >= 11 is 5.86. The van der Waals surface area contributed by atoms with Gasteiger partial charge in [-0.1, -0.05) is 17.7 Å². The van der Waals surface area contributed by atoms with Gasteiger partial charge in [-0.15, -0.1) is 0 Å². The third-order valence-corrected chi connectivity index (χ3v) is 4.40. The molecule has 7 heteroatoms. The van der Waals surface area contributed by atoms with Crippen LogP contribution in [0.15, 0.2) is 41.3 Å². The van der Waals surface area contributed by atoms with Crippen molar-refractivity contribution in [2.45, 2.75) is 11.8 Å². The van der Waals surface area contributed by atoms with Gasteiger partial charge >= 0.3 is 0 Å². The molecule has 2 aromatic rings. The zero-order valence-electron chi connectivity index (χ0n) is 10.3. The Hall–Kier alpha value is -1.66. The van der Waals surface area contributed by atoms with E-state index in [1.807, 2.05) is 4.72 Å². The van der Waals surface area contributed by atoms with Gasteiger partial charge in [0, 0.05) is 11.1 Å². The van der Waals surface area contributed by atoms with E-state index in [1.54, 1.807) is 6.92 Å². The largest absolute Gasteiger partial charge is 0.277 e. The van der Waals surface area contributed by atoms with E-state index < -0.39 is 21.7 Å². The van der Waals surface area contributed by atoms with Crippen molar-refractivity contribution < 1.29 is 17.2 Å². The number of hydrogen-bond acceptors (Lipinski definition) is 2. The van der Waals surface area contributed by atoms with Crippen molar-refractivity contribution in [2.75, 3.05) is 4.72 Å². The number of halogens is 3. The molecule has 20 heavy (non-hydrogen) atoms. The van der Waals surface area contributed by atoms with E-state index >= 15 is 0 Å². The first kappa shape index (κ1) is 14.7. The third-order valence-electron chi connectivity index (χ3n) is 2.63. The normalized spacial score (nSPS) is 11.4. The Morgan fingerprint density at radius 1 is 1.10 bits per heavy atom. The lowest BCUT2D eigenvalue weighted by Crippen LogP contribution is -2.14. The van der Waals surface area contributed by atoms with E-state index in [9.17, 15) is 17.2 Å². The second-order valence-electron chi connectivity index (χ2n) is 4.14. The maximum atomic E-state index is 13.4. The molecule has 0 fully saturated rings. The SMILES string of the molecule is Cc1ccc(S(=O)(=O)Nc2ccc(F)cc2F)cc1Cl. The minimum atomic E-state index is -3.98. The van der Waals surface area contributed by atoms with Crippen LogP contribution in [-0.4, -0.2) is 8.42 Å². The molecule has 106 valence electrons. The minimum Gasteiger partial charge on any atom is -0.277 e. The van der Waals surface area contributed by atoms with E-state index in [0.29, 0.717) is 6.07 Å². The molecule has 0 unspecified atom stereocenters. The smallest absolute Gasteiger partial charge is 0.262 e. The number of nitrogens with one attached hydrogen (secondary N) is 1. The molecule has 0 spiro atoms. The molecule has 0 aliphatic heterocycles. The molecule has 0 aliphatic rings. The lowest BCUT2D eigenvalue weighted by Gasteiger charge is -2.10. The molecular formula is C13H10ClF2NO2S. The fraction of sp³-hybridized carbons (Fsp3) is 0.0769. The maximum absolute atomic E-state index is 13.4. The highest BCUT2D eigenvalue weighted by Crippen LogP contribution is 2.23. The Balaban J connectivity index is 2.38. The topological polar surface area (TPSA) is 46.2 Å². The lowest BCUT2D eigenvalue weighted by atomic mass is 10.2. The van der Waals surface area contributed by atoms with Crippen LogP contribution in [0.25, 0.3) is 0 Å². The quantitative estimate of drug-likeness (QED) is 0.937. The van der Waals surface area contributed by atoms with Crippen LogP contribution in [0.1, 0.15) is 5.56 Å². The summed E-state index contributed by atoms with van der Waals surface area (Å²) in [7, 11) is -3.98. The fourth-order valence-corrected chi connectivity index (χ4v) is 2.86. The number of rotatable bonds is 3. The number of anilines is 1. The number of hydrogen-bond donors (Lipinski definition) is 1. The minimum absolute atomic E-state index is 0.100. The van der Waals surface area contributed by atoms with Crippen LogP contribution in [-0.2, 0) is 10.0 Å². The molecule has 0 radical (unpaired) electrons. The summed E-state index contributed by atoms with van der Waals surface area (Å²) in [4.78, 5) is -0.100. The van der Waals surface area contributed by atoms with Gasteiger partial charge in [0.2, 0.25) is 0 Å². The maximum Gasteiger partial charge on any atom is 0.262 e. The molecule has 0 heterocycles. The van der Waals surface area contributed by atoms with Gasteiger partial charge in [0.1, 0.15) is 11.6 Å². The van der Waals surface area contributed by atoms with Crippen LogP contribution in [0, 0.1) is 18.6 Å². The number of sulfonamides is 1. The van der Waals surface area contributed by atoms with E-state index in [-0.39, 0.29) is 15.6 Å². The van der Waals surface area contributed by atoms with E-state index in [1.165, 1.54) is 18.2 Å². The summed E-state index contributed by atoms with van der Waals surface area (Å²) in [6, 6.07) is 6.73. The van der Waals surface area contributed by atoms with Crippen molar-refractivity contribution in [3.05, 3.63) is 58.6 Å². The van der Waals surface area contributed by atoms with Crippen LogP contribution in [0.3, 0.4) is 0 Å². The van der Waals surface area contributed by atoms with Crippen LogP contribution >= 0.6 is 11.6 Å². The first-order chi connectivity index (χ1) is 9.29. The molecular weight excluding hydrogens is 308 g/mol. The molecule has 0 amide bonds. The third kappa shape index (κ3) is 3.08. The van der Waals surface area contributed by atoms with E-state index in [2.05, 4.69) is 0 Å². The number of benzene rings is 2. The summed E-state index contributed by atoms with van der Waals surface area (Å²) < 4.78 is 52.4. The standard InChI is InChI=1S/C13H10ClF2NO2S/c1-8-2-4-10(7-11(8)14)20(18,19)17-13-5-3-9(15)6-12(13)16/h2-7,17H,1H3. The fourth-order valence-electron chi connectivity index (χ4n) is 1.52. The Bertz CT molecular complexity index is 763. The molecule has 0 atom stereocenters. The van der Waals surface area contributed by atoms with Crippen molar-refractivity contribution in [3.8, 4) is 0 Å². The van der Waals surface area contributed by atoms with Gasteiger partial charge in [-0.25, -0.2) is 17.2 Å². The van der Waals surface area contributed by atoms with E-state index in [4.69, 9.17) is 11.6 Å². The molecule has 3 nitrogen and oxygen atoms in total. The second kappa shape index (κ2) is 5.38. The highest BCUT2D eigenvalue weighted by molar-refractivity contribution is 7.92. The second-order valence-corrected chi connectivity index (χ2v) is 6.23. The first-order valence-corrected chi connectivity index (χ1v) is 7.40. The van der Waals surface area contributed by atoms with Gasteiger partial charge in [-0.2, -0.15) is 0 Å². The van der Waals surface area contributed by atoms with Crippen LogP contribution in [0.4, 0.5) is 14.5 Å². The average Bonchev–Trinajstić information content (AvgIpc) is 2.36. The van der Waals surface area contributed by atoms with Crippen LogP contribution < -0.4 is 4.72 Å². The Morgan fingerprint density at radius 2 is 1.80 bits per heavy atom. The Morgan fingerprint density at radius 3 is 2.40 bits per heavy atom. The van der Waals surface area contributed by atoms with Crippen molar-refractivity contribution in [2.24, 2.45) is 0 Å². The summed E-state index contributed by atoms with van der Waals surface area (Å²) in [5, 5.41) is 0.285. The molecule has 0 aromatic heterocycles. The molecule has 0 saturated carbocycles. The summed E-state index contributed by atoms with van der Waals surface area (Å²) in [6.45, 7) is 1.73. The first-order valence-electron chi connectivity index (χ1n) is 5.53. The predicted octanol–water partition coefficient (Wildman–Crippen LogP) is 3.73. The van der Waals surface area contributed by atoms with Crippen molar-refractivity contribution in [1.29, 1.82) is 0 Å². The molecule has 2 rings (SSSR count). The Labute approximate surface area is 120 Å². The zero-order valence-corrected chi connectivity index (χ0v) is 11.9. The Kier molecular flexibility index (Phi) is 3.96. The zero-order chi connectivity index (χ0) is 14.9. The van der Waals surface area contributed by atoms with Crippen LogP contribution in [0.5, 0.6) is 0 Å². The predicted molar refractivity (Wildman–Crippen MR) is 73.4 cm³/mol. The molecule has 1 N–H and O–H groups in total. The van der Waals surface area contributed by atoms with Crippen LogP contribution in [0.2, 0.25) is 5.02 Å². The lowest BCUT2D eigenvalue weighted by molar-refractivity contribution is 0.583. The van der Waals surface area contributed by atoms with Crippen molar-refractivity contribution in [1.82, 2.24) is 0 Å². The van der Waals surface area contributed by atoms with Crippen molar-refractivity contribution >= 4 is 27.3 Å². The average molecular weight is 318 g/mol. The molecule has 0 saturated heterocycles. The summed E-state index contributed by atoms with van der Waals surface area (Å²) in [5.41, 5.74) is 0.390. The van der Waals surface area contributed by atoms with Gasteiger partial charge in [-0.3, -0.25) is 4.72 Å². The molecule has 2 aromatic carbocycles. The monoisotopic (exact) mass is 317 g/mol. The molecule has 0 aliphatic carbocycles. The van der Waals surface area contributed by atoms with Gasteiger partial charge in [0.05, 0.1) is 10.6 Å². The number of aryl methyl sites for hydroxylation is 1. The summed E-state index contributed by atoms with van der Waals surface area (Å²) in [6.07, 6.45) is 0. The van der Waals surface area contributed by atoms with Gasteiger partial charge in [-0.05, 0) is 36.8 Å². The molecule has 0 bridgehead atoms. The van der Waals surface area contributed by atoms with Gasteiger partial charge < -0.3 is 0 Å². The summed E-state index contributed by atoms with van der Waals surface area (Å²) in [5.74, 6) is -1.78. The van der Waals surface area contributed by atoms with E-state index in [0.717, 1.165) is 17.7 Å². The highest BCUT2D eigenvalue weighted by Gasteiger charge is 2.17. The van der Waals surface area contributed by atoms with Gasteiger partial charge in [0.15, 0.2) is 0 Å².